The molecule has 0 unspecified atom stereocenters. The number of hydrogen-bond acceptors (Lipinski definition) is 5. The van der Waals surface area contributed by atoms with E-state index in [-0.39, 0.29) is 6.01 Å². The molecule has 2 rings (SSSR count). The highest BCUT2D eigenvalue weighted by atomic mass is 16.5. The van der Waals surface area contributed by atoms with Gasteiger partial charge in [-0.25, -0.2) is 0 Å². The summed E-state index contributed by atoms with van der Waals surface area (Å²) in [6.45, 7) is 1.96. The van der Waals surface area contributed by atoms with E-state index < -0.39 is 0 Å². The standard InChI is InChI=1S/C8H8N4O/c1-5-2-3-6(10-4-5)7-11-8(9)13-12-7/h2-4H,1H3,(H2,9,11,12). The normalized spacial score (nSPS) is 10.2. The van der Waals surface area contributed by atoms with Crippen molar-refractivity contribution in [2.75, 3.05) is 5.73 Å². The van der Waals surface area contributed by atoms with Crippen molar-refractivity contribution in [1.82, 2.24) is 15.1 Å². The molecule has 0 saturated carbocycles. The molecule has 0 aliphatic rings. The third-order valence-corrected chi connectivity index (χ3v) is 1.58. The Labute approximate surface area is 74.6 Å². The molecule has 2 heterocycles. The first-order valence-electron chi connectivity index (χ1n) is 3.78. The molecule has 2 aromatic heterocycles. The third-order valence-electron chi connectivity index (χ3n) is 1.58. The molecule has 0 aliphatic heterocycles. The zero-order valence-electron chi connectivity index (χ0n) is 7.06. The predicted octanol–water partition coefficient (Wildman–Crippen LogP) is 1.02. The zero-order chi connectivity index (χ0) is 9.26. The molecule has 0 spiro atoms. The fourth-order valence-corrected chi connectivity index (χ4v) is 0.939. The molecule has 66 valence electrons. The van der Waals surface area contributed by atoms with E-state index in [4.69, 9.17) is 5.73 Å². The van der Waals surface area contributed by atoms with Crippen molar-refractivity contribution < 1.29 is 4.52 Å². The summed E-state index contributed by atoms with van der Waals surface area (Å²) in [5, 5.41) is 3.64. The van der Waals surface area contributed by atoms with Crippen LogP contribution >= 0.6 is 0 Å². The minimum atomic E-state index is 0.0531. The maximum atomic E-state index is 5.28. The largest absolute Gasteiger partial charge is 0.351 e. The molecular formula is C8H8N4O. The molecule has 5 nitrogen and oxygen atoms in total. The number of anilines is 1. The summed E-state index contributed by atoms with van der Waals surface area (Å²) in [5.74, 6) is 0.414. The molecule has 0 radical (unpaired) electrons. The van der Waals surface area contributed by atoms with Crippen LogP contribution in [0, 0.1) is 6.92 Å². The number of rotatable bonds is 1. The van der Waals surface area contributed by atoms with Gasteiger partial charge in [0.15, 0.2) is 0 Å². The van der Waals surface area contributed by atoms with Crippen molar-refractivity contribution in [3.05, 3.63) is 23.9 Å². The summed E-state index contributed by atoms with van der Waals surface area (Å²) in [5.41, 5.74) is 7.02. The second-order valence-electron chi connectivity index (χ2n) is 2.68. The number of nitrogens with two attached hydrogens (primary N) is 1. The number of pyridine rings is 1. The smallest absolute Gasteiger partial charge is 0.319 e. The Kier molecular flexibility index (Phi) is 1.70. The fourth-order valence-electron chi connectivity index (χ4n) is 0.939. The molecule has 0 bridgehead atoms. The van der Waals surface area contributed by atoms with Gasteiger partial charge >= 0.3 is 6.01 Å². The highest BCUT2D eigenvalue weighted by Gasteiger charge is 2.05. The van der Waals surface area contributed by atoms with Crippen LogP contribution in [0.1, 0.15) is 5.56 Å². The maximum absolute atomic E-state index is 5.28. The number of nitrogens with zero attached hydrogens (tertiary/aromatic N) is 3. The molecule has 2 N–H and O–H groups in total. The van der Waals surface area contributed by atoms with Crippen molar-refractivity contribution >= 4 is 6.01 Å². The maximum Gasteiger partial charge on any atom is 0.319 e. The van der Waals surface area contributed by atoms with Gasteiger partial charge in [0.1, 0.15) is 5.69 Å². The molecule has 0 saturated heterocycles. The SMILES string of the molecule is Cc1ccc(-c2noc(N)n2)nc1. The second kappa shape index (κ2) is 2.85. The molecule has 0 atom stereocenters. The van der Waals surface area contributed by atoms with Crippen molar-refractivity contribution in [3.63, 3.8) is 0 Å². The third kappa shape index (κ3) is 1.48. The summed E-state index contributed by atoms with van der Waals surface area (Å²) >= 11 is 0. The van der Waals surface area contributed by atoms with Gasteiger partial charge < -0.3 is 10.3 Å². The molecule has 13 heavy (non-hydrogen) atoms. The highest BCUT2D eigenvalue weighted by Crippen LogP contribution is 2.13. The molecule has 2 aromatic rings. The first kappa shape index (κ1) is 7.72. The Bertz CT molecular complexity index is 406. The first-order chi connectivity index (χ1) is 6.25. The van der Waals surface area contributed by atoms with E-state index in [2.05, 4.69) is 19.6 Å². The predicted molar refractivity (Wildman–Crippen MR) is 46.7 cm³/mol. The van der Waals surface area contributed by atoms with Gasteiger partial charge in [-0.2, -0.15) is 4.98 Å². The van der Waals surface area contributed by atoms with Gasteiger partial charge in [0, 0.05) is 6.20 Å². The van der Waals surface area contributed by atoms with Gasteiger partial charge in [-0.05, 0) is 18.6 Å². The lowest BCUT2D eigenvalue weighted by molar-refractivity contribution is 0.436. The summed E-state index contributed by atoms with van der Waals surface area (Å²) in [4.78, 5) is 7.97. The van der Waals surface area contributed by atoms with Gasteiger partial charge in [-0.15, -0.1) is 0 Å². The average molecular weight is 176 g/mol. The quantitative estimate of drug-likeness (QED) is 0.701. The van der Waals surface area contributed by atoms with Crippen LogP contribution in [-0.4, -0.2) is 15.1 Å². The van der Waals surface area contributed by atoms with Crippen molar-refractivity contribution in [1.29, 1.82) is 0 Å². The van der Waals surface area contributed by atoms with Crippen LogP contribution in [0.2, 0.25) is 0 Å². The van der Waals surface area contributed by atoms with E-state index in [0.717, 1.165) is 5.56 Å². The molecule has 0 aliphatic carbocycles. The summed E-state index contributed by atoms with van der Waals surface area (Å²) in [6, 6.07) is 3.80. The lowest BCUT2D eigenvalue weighted by atomic mass is 10.3. The van der Waals surface area contributed by atoms with Crippen molar-refractivity contribution in [2.24, 2.45) is 0 Å². The number of hydrogen-bond donors (Lipinski definition) is 1. The van der Waals surface area contributed by atoms with E-state index in [0.29, 0.717) is 11.5 Å². The molecule has 0 aromatic carbocycles. The van der Waals surface area contributed by atoms with E-state index in [9.17, 15) is 0 Å². The first-order valence-corrected chi connectivity index (χ1v) is 3.78. The number of aryl methyl sites for hydroxylation is 1. The Morgan fingerprint density at radius 1 is 1.38 bits per heavy atom. The number of aromatic nitrogens is 3. The second-order valence-corrected chi connectivity index (χ2v) is 2.68. The Hall–Kier alpha value is -1.91. The lowest BCUT2D eigenvalue weighted by Gasteiger charge is -1.92. The molecule has 0 fully saturated rings. The van der Waals surface area contributed by atoms with Gasteiger partial charge in [0.25, 0.3) is 0 Å². The molecular weight excluding hydrogens is 168 g/mol. The van der Waals surface area contributed by atoms with Crippen LogP contribution in [0.25, 0.3) is 11.5 Å². The topological polar surface area (TPSA) is 77.8 Å². The van der Waals surface area contributed by atoms with E-state index in [1.54, 1.807) is 6.20 Å². The van der Waals surface area contributed by atoms with Crippen LogP contribution < -0.4 is 5.73 Å². The molecule has 5 heteroatoms. The Balaban J connectivity index is 2.41. The van der Waals surface area contributed by atoms with Crippen molar-refractivity contribution in [3.8, 4) is 11.5 Å². The van der Waals surface area contributed by atoms with Gasteiger partial charge in [-0.1, -0.05) is 11.2 Å². The van der Waals surface area contributed by atoms with E-state index >= 15 is 0 Å². The van der Waals surface area contributed by atoms with E-state index in [1.807, 2.05) is 19.1 Å². The summed E-state index contributed by atoms with van der Waals surface area (Å²) < 4.78 is 4.63. The Morgan fingerprint density at radius 2 is 2.23 bits per heavy atom. The van der Waals surface area contributed by atoms with Crippen LogP contribution in [0.3, 0.4) is 0 Å². The van der Waals surface area contributed by atoms with Gasteiger partial charge in [0.2, 0.25) is 5.82 Å². The van der Waals surface area contributed by atoms with Crippen molar-refractivity contribution in [2.45, 2.75) is 6.92 Å². The lowest BCUT2D eigenvalue weighted by Crippen LogP contribution is -1.87. The zero-order valence-corrected chi connectivity index (χ0v) is 7.06. The van der Waals surface area contributed by atoms with Gasteiger partial charge in [-0.3, -0.25) is 4.98 Å². The average Bonchev–Trinajstić information content (AvgIpc) is 2.53. The summed E-state index contributed by atoms with van der Waals surface area (Å²) in [7, 11) is 0. The monoisotopic (exact) mass is 176 g/mol. The summed E-state index contributed by atoms with van der Waals surface area (Å²) in [6.07, 6.45) is 1.74. The minimum Gasteiger partial charge on any atom is -0.351 e. The highest BCUT2D eigenvalue weighted by molar-refractivity contribution is 5.49. The Morgan fingerprint density at radius 3 is 2.77 bits per heavy atom. The van der Waals surface area contributed by atoms with Crippen LogP contribution in [0.4, 0.5) is 6.01 Å². The molecule has 0 amide bonds. The fraction of sp³-hybridized carbons (Fsp3) is 0.125. The van der Waals surface area contributed by atoms with Crippen LogP contribution in [0.15, 0.2) is 22.9 Å². The van der Waals surface area contributed by atoms with E-state index in [1.165, 1.54) is 0 Å². The number of nitrogen functional groups attached to an aromatic ring is 1. The van der Waals surface area contributed by atoms with Crippen LogP contribution in [0.5, 0.6) is 0 Å². The van der Waals surface area contributed by atoms with Gasteiger partial charge in [0.05, 0.1) is 0 Å². The van der Waals surface area contributed by atoms with Crippen LogP contribution in [-0.2, 0) is 0 Å². The minimum absolute atomic E-state index is 0.0531.